The van der Waals surface area contributed by atoms with Crippen LogP contribution in [0, 0.1) is 10.8 Å². The molecule has 0 radical (unpaired) electrons. The maximum Gasteiger partial charge on any atom is 0.248 e. The van der Waals surface area contributed by atoms with E-state index in [1.54, 1.807) is 18.3 Å². The van der Waals surface area contributed by atoms with Gasteiger partial charge in [-0.05, 0) is 84.4 Å². The van der Waals surface area contributed by atoms with E-state index < -0.39 is 0 Å². The first-order valence-corrected chi connectivity index (χ1v) is 11.8. The van der Waals surface area contributed by atoms with Crippen molar-refractivity contribution in [2.45, 2.75) is 58.4 Å². The van der Waals surface area contributed by atoms with E-state index in [9.17, 15) is 9.90 Å². The van der Waals surface area contributed by atoms with Crippen LogP contribution in [0.4, 0.5) is 5.82 Å². The molecule has 3 atom stereocenters. The highest BCUT2D eigenvalue weighted by atomic mass is 16.3. The molecule has 0 saturated heterocycles. The molecule has 2 fully saturated rings. The smallest absolute Gasteiger partial charge is 0.248 e. The van der Waals surface area contributed by atoms with Gasteiger partial charge in [0.25, 0.3) is 0 Å². The Hall–Kier alpha value is -3.15. The minimum Gasteiger partial charge on any atom is -0.507 e. The molecule has 0 unspecified atom stereocenters. The van der Waals surface area contributed by atoms with Crippen molar-refractivity contribution in [1.82, 2.24) is 15.2 Å². The lowest BCUT2D eigenvalue weighted by Crippen LogP contribution is -2.49. The van der Waals surface area contributed by atoms with Crippen molar-refractivity contribution in [2.24, 2.45) is 10.8 Å². The van der Waals surface area contributed by atoms with Gasteiger partial charge in [0.2, 0.25) is 5.56 Å². The predicted octanol–water partition coefficient (Wildman–Crippen LogP) is 5.39. The summed E-state index contributed by atoms with van der Waals surface area (Å²) in [5.74, 6) is 0.986. The monoisotopic (exact) mass is 444 g/mol. The van der Waals surface area contributed by atoms with Crippen molar-refractivity contribution < 1.29 is 5.11 Å². The second-order valence-corrected chi connectivity index (χ2v) is 10.8. The summed E-state index contributed by atoms with van der Waals surface area (Å²) in [7, 11) is 2.13. The second kappa shape index (κ2) is 8.01. The molecule has 6 nitrogen and oxygen atoms in total. The first-order valence-electron chi connectivity index (χ1n) is 11.8. The van der Waals surface area contributed by atoms with E-state index in [1.807, 2.05) is 24.3 Å². The van der Waals surface area contributed by atoms with E-state index in [1.165, 1.54) is 44.6 Å². The Balaban J connectivity index is 1.36. The van der Waals surface area contributed by atoms with Gasteiger partial charge in [0.15, 0.2) is 5.82 Å². The first kappa shape index (κ1) is 21.7. The van der Waals surface area contributed by atoms with Gasteiger partial charge in [-0.2, -0.15) is 0 Å². The molecule has 6 heteroatoms. The lowest BCUT2D eigenvalue weighted by atomic mass is 9.55. The number of nitrogens with one attached hydrogen (secondary N) is 1. The SMILES string of the molecule is CN(c1ccc(-c2ccc(-c3cc[nH]c(=O)c3)cc2O)nn1)[C@H]1C[C@]2(C)CCC[C@](C)(C1)C2. The highest BCUT2D eigenvalue weighted by molar-refractivity contribution is 5.74. The molecule has 3 aromatic rings. The lowest BCUT2D eigenvalue weighted by Gasteiger charge is -2.54. The van der Waals surface area contributed by atoms with Gasteiger partial charge in [0, 0.05) is 30.9 Å². The topological polar surface area (TPSA) is 82.1 Å². The summed E-state index contributed by atoms with van der Waals surface area (Å²) in [6.45, 7) is 4.91. The van der Waals surface area contributed by atoms with E-state index in [4.69, 9.17) is 0 Å². The molecule has 0 aliphatic heterocycles. The normalized spacial score (nSPS) is 26.7. The zero-order valence-corrected chi connectivity index (χ0v) is 19.6. The van der Waals surface area contributed by atoms with Gasteiger partial charge < -0.3 is 15.0 Å². The molecule has 5 rings (SSSR count). The van der Waals surface area contributed by atoms with E-state index in [0.29, 0.717) is 28.1 Å². The summed E-state index contributed by atoms with van der Waals surface area (Å²) in [6, 6.07) is 13.1. The van der Waals surface area contributed by atoms with Crippen LogP contribution in [0.25, 0.3) is 22.4 Å². The zero-order valence-electron chi connectivity index (χ0n) is 19.6. The number of fused-ring (bicyclic) bond motifs is 2. The number of phenols is 1. The van der Waals surface area contributed by atoms with E-state index in [2.05, 4.69) is 41.0 Å². The lowest BCUT2D eigenvalue weighted by molar-refractivity contribution is 0.0141. The first-order chi connectivity index (χ1) is 15.7. The summed E-state index contributed by atoms with van der Waals surface area (Å²) in [5.41, 5.74) is 3.45. The summed E-state index contributed by atoms with van der Waals surface area (Å²) >= 11 is 0. The molecule has 2 N–H and O–H groups in total. The standard InChI is InChI=1S/C27H32N4O2/c1-26-10-4-11-27(2,17-26)16-20(15-26)31(3)24-8-7-22(29-30-24)21-6-5-18(13-23(21)32)19-9-12-28-25(33)14-19/h5-9,12-14,20,32H,4,10-11,15-17H2,1-3H3,(H,28,33)/t20-,26-,27+. The Bertz CT molecular complexity index is 1200. The fraction of sp³-hybridized carbons (Fsp3) is 0.444. The minimum atomic E-state index is -0.175. The fourth-order valence-electron chi connectivity index (χ4n) is 6.38. The predicted molar refractivity (Wildman–Crippen MR) is 131 cm³/mol. The molecular weight excluding hydrogens is 412 g/mol. The summed E-state index contributed by atoms with van der Waals surface area (Å²) in [4.78, 5) is 16.5. The van der Waals surface area contributed by atoms with Crippen LogP contribution in [-0.2, 0) is 0 Å². The molecular formula is C27H32N4O2. The van der Waals surface area contributed by atoms with E-state index >= 15 is 0 Å². The van der Waals surface area contributed by atoms with Crippen LogP contribution < -0.4 is 10.5 Å². The molecule has 172 valence electrons. The number of hydrogen-bond donors (Lipinski definition) is 2. The van der Waals surface area contributed by atoms with Crippen molar-refractivity contribution in [3.05, 3.63) is 59.0 Å². The van der Waals surface area contributed by atoms with Crippen LogP contribution in [0.2, 0.25) is 0 Å². The maximum atomic E-state index is 11.6. The second-order valence-electron chi connectivity index (χ2n) is 10.8. The molecule has 2 bridgehead atoms. The van der Waals surface area contributed by atoms with Crippen molar-refractivity contribution in [3.63, 3.8) is 0 Å². The number of hydrogen-bond acceptors (Lipinski definition) is 5. The molecule has 2 aliphatic rings. The molecule has 2 saturated carbocycles. The number of rotatable bonds is 4. The van der Waals surface area contributed by atoms with Crippen molar-refractivity contribution in [2.75, 3.05) is 11.9 Å². The highest BCUT2D eigenvalue weighted by Crippen LogP contribution is 2.56. The Morgan fingerprint density at radius 1 is 1.00 bits per heavy atom. The number of anilines is 1. The van der Waals surface area contributed by atoms with Crippen LogP contribution >= 0.6 is 0 Å². The van der Waals surface area contributed by atoms with Gasteiger partial charge in [-0.25, -0.2) is 0 Å². The van der Waals surface area contributed by atoms with Gasteiger partial charge in [0.05, 0.1) is 5.69 Å². The van der Waals surface area contributed by atoms with Crippen LogP contribution in [0.3, 0.4) is 0 Å². The Morgan fingerprint density at radius 3 is 2.36 bits per heavy atom. The summed E-state index contributed by atoms with van der Waals surface area (Å²) < 4.78 is 0. The fourth-order valence-corrected chi connectivity index (χ4v) is 6.38. The maximum absolute atomic E-state index is 11.6. The Kier molecular flexibility index (Phi) is 5.26. The van der Waals surface area contributed by atoms with Crippen molar-refractivity contribution in [1.29, 1.82) is 0 Å². The zero-order chi connectivity index (χ0) is 23.2. The Morgan fingerprint density at radius 2 is 1.73 bits per heavy atom. The number of aromatic hydroxyl groups is 1. The molecule has 33 heavy (non-hydrogen) atoms. The number of aromatic nitrogens is 3. The minimum absolute atomic E-state index is 0.115. The molecule has 2 aliphatic carbocycles. The van der Waals surface area contributed by atoms with E-state index in [-0.39, 0.29) is 11.3 Å². The molecule has 1 aromatic carbocycles. The van der Waals surface area contributed by atoms with Gasteiger partial charge in [0.1, 0.15) is 5.75 Å². The average Bonchev–Trinajstić information content (AvgIpc) is 2.77. The molecule has 0 amide bonds. The number of aromatic amines is 1. The summed E-state index contributed by atoms with van der Waals surface area (Å²) in [5, 5.41) is 19.6. The van der Waals surface area contributed by atoms with Crippen LogP contribution in [0.1, 0.15) is 52.4 Å². The molecule has 0 spiro atoms. The average molecular weight is 445 g/mol. The third-order valence-corrected chi connectivity index (χ3v) is 7.81. The van der Waals surface area contributed by atoms with Gasteiger partial charge >= 0.3 is 0 Å². The number of benzene rings is 1. The third kappa shape index (κ3) is 4.26. The number of H-pyrrole nitrogens is 1. The Labute approximate surface area is 194 Å². The van der Waals surface area contributed by atoms with Crippen LogP contribution in [0.15, 0.2) is 53.5 Å². The molecule has 2 heterocycles. The number of pyridine rings is 1. The van der Waals surface area contributed by atoms with E-state index in [0.717, 1.165) is 16.9 Å². The van der Waals surface area contributed by atoms with Gasteiger partial charge in [-0.15, -0.1) is 10.2 Å². The number of nitrogens with zero attached hydrogens (tertiary/aromatic N) is 3. The largest absolute Gasteiger partial charge is 0.507 e. The third-order valence-electron chi connectivity index (χ3n) is 7.81. The quantitative estimate of drug-likeness (QED) is 0.564. The van der Waals surface area contributed by atoms with Crippen molar-refractivity contribution in [3.8, 4) is 28.1 Å². The molecule has 2 aromatic heterocycles. The summed E-state index contributed by atoms with van der Waals surface area (Å²) in [6.07, 6.45) is 9.33. The van der Waals surface area contributed by atoms with Crippen LogP contribution in [-0.4, -0.2) is 33.4 Å². The highest BCUT2D eigenvalue weighted by Gasteiger charge is 2.47. The number of phenolic OH excluding ortho intramolecular Hbond substituents is 1. The van der Waals surface area contributed by atoms with Gasteiger partial charge in [-0.1, -0.05) is 26.3 Å². The van der Waals surface area contributed by atoms with Crippen LogP contribution in [0.5, 0.6) is 5.75 Å². The van der Waals surface area contributed by atoms with Crippen molar-refractivity contribution >= 4 is 5.82 Å². The van der Waals surface area contributed by atoms with Gasteiger partial charge in [-0.3, -0.25) is 4.79 Å².